The van der Waals surface area contributed by atoms with Crippen LogP contribution in [0.2, 0.25) is 10.0 Å². The first-order valence-corrected chi connectivity index (χ1v) is 14.5. The summed E-state index contributed by atoms with van der Waals surface area (Å²) in [6.45, 7) is 6.16. The van der Waals surface area contributed by atoms with Crippen LogP contribution in [0.1, 0.15) is 44.4 Å². The number of ether oxygens (including phenoxy) is 3. The predicted octanol–water partition coefficient (Wildman–Crippen LogP) is 7.29. The lowest BCUT2D eigenvalue weighted by Gasteiger charge is -2.28. The van der Waals surface area contributed by atoms with Crippen molar-refractivity contribution >= 4 is 62.8 Å². The fourth-order valence-corrected chi connectivity index (χ4v) is 5.71. The molecule has 2 heterocycles. The van der Waals surface area contributed by atoms with Crippen LogP contribution in [0.5, 0.6) is 11.5 Å². The summed E-state index contributed by atoms with van der Waals surface area (Å²) >= 11 is 17.5. The third-order valence-electron chi connectivity index (χ3n) is 5.72. The molecule has 12 heteroatoms. The average Bonchev–Trinajstić information content (AvgIpc) is 3.28. The molecule has 1 aromatic heterocycles. The number of hydrogen-bond donors (Lipinski definition) is 1. The van der Waals surface area contributed by atoms with Crippen LogP contribution in [-0.4, -0.2) is 40.2 Å². The number of carbonyl (C=O) groups excluding carboxylic acids is 1. The lowest BCUT2D eigenvalue weighted by Crippen LogP contribution is -2.29. The first kappa shape index (κ1) is 28.6. The maximum atomic E-state index is 13.1. The molecule has 8 nitrogen and oxygen atoms in total. The van der Waals surface area contributed by atoms with Crippen molar-refractivity contribution < 1.29 is 19.0 Å². The maximum Gasteiger partial charge on any atom is 0.338 e. The Balaban J connectivity index is 1.75. The molecule has 0 spiro atoms. The zero-order chi connectivity index (χ0) is 27.4. The number of aromatic nitrogens is 3. The van der Waals surface area contributed by atoms with Crippen molar-refractivity contribution in [1.82, 2.24) is 14.8 Å². The van der Waals surface area contributed by atoms with Crippen molar-refractivity contribution in [2.24, 2.45) is 0 Å². The van der Waals surface area contributed by atoms with Crippen molar-refractivity contribution in [3.05, 3.63) is 67.2 Å². The number of methoxy groups -OCH3 is 1. The summed E-state index contributed by atoms with van der Waals surface area (Å²) in [6.07, 6.45) is 0.990. The Labute approximate surface area is 244 Å². The van der Waals surface area contributed by atoms with Crippen molar-refractivity contribution in [2.45, 2.75) is 45.0 Å². The molecule has 0 fully saturated rings. The fourth-order valence-electron chi connectivity index (χ4n) is 3.99. The van der Waals surface area contributed by atoms with Gasteiger partial charge in [-0.15, -0.1) is 5.10 Å². The summed E-state index contributed by atoms with van der Waals surface area (Å²) in [5, 5.41) is 9.62. The SMILES string of the molecule is CCCSc1nc2n(n1)C(c1cc(Br)c(OCc3ccc(Cl)cc3Cl)c(OC)c1)C(C(=O)OCC)=C(C)N2. The van der Waals surface area contributed by atoms with E-state index in [1.54, 1.807) is 42.6 Å². The van der Waals surface area contributed by atoms with Crippen LogP contribution in [0.15, 0.2) is 51.2 Å². The topological polar surface area (TPSA) is 87.5 Å². The van der Waals surface area contributed by atoms with E-state index < -0.39 is 12.0 Å². The van der Waals surface area contributed by atoms with Gasteiger partial charge in [0.25, 0.3) is 0 Å². The number of nitrogens with zero attached hydrogens (tertiary/aromatic N) is 3. The van der Waals surface area contributed by atoms with E-state index in [1.807, 2.05) is 25.1 Å². The monoisotopic (exact) mass is 640 g/mol. The van der Waals surface area contributed by atoms with Gasteiger partial charge in [-0.3, -0.25) is 0 Å². The largest absolute Gasteiger partial charge is 0.493 e. The minimum absolute atomic E-state index is 0.204. The standard InChI is InChI=1S/C26H27BrCl2N4O4S/c1-5-9-38-26-31-25-30-14(3)21(24(34)36-6-2)22(33(25)32-26)16-10-18(27)23(20(11-16)35-4)37-13-15-7-8-17(28)12-19(15)29/h7-8,10-12,22H,5-6,9,13H2,1-4H3,(H,30,31,32). The van der Waals surface area contributed by atoms with Gasteiger partial charge in [-0.2, -0.15) is 4.98 Å². The second-order valence-electron chi connectivity index (χ2n) is 8.36. The molecular weight excluding hydrogens is 615 g/mol. The first-order valence-electron chi connectivity index (χ1n) is 12.0. The Morgan fingerprint density at radius 1 is 1.24 bits per heavy atom. The number of anilines is 1. The normalized spacial score (nSPS) is 14.7. The molecule has 0 amide bonds. The minimum atomic E-state index is -0.598. The van der Waals surface area contributed by atoms with Gasteiger partial charge in [0.05, 0.1) is 23.8 Å². The zero-order valence-corrected chi connectivity index (χ0v) is 25.2. The fraction of sp³-hybridized carbons (Fsp3) is 0.346. The highest BCUT2D eigenvalue weighted by Gasteiger charge is 2.36. The third-order valence-corrected chi connectivity index (χ3v) is 7.94. The Bertz CT molecular complexity index is 1380. The molecule has 3 aromatic rings. The molecular formula is C26H27BrCl2N4O4S. The molecule has 1 atom stereocenters. The van der Waals surface area contributed by atoms with E-state index >= 15 is 0 Å². The highest BCUT2D eigenvalue weighted by atomic mass is 79.9. The van der Waals surface area contributed by atoms with Gasteiger partial charge in [0.2, 0.25) is 11.1 Å². The van der Waals surface area contributed by atoms with E-state index in [1.165, 1.54) is 0 Å². The zero-order valence-electron chi connectivity index (χ0n) is 21.3. The molecule has 0 bridgehead atoms. The number of nitrogens with one attached hydrogen (secondary N) is 1. The maximum absolute atomic E-state index is 13.1. The molecule has 202 valence electrons. The van der Waals surface area contributed by atoms with Crippen LogP contribution in [-0.2, 0) is 16.1 Å². The number of allylic oxidation sites excluding steroid dienone is 1. The number of hydrogen-bond acceptors (Lipinski definition) is 8. The Hall–Kier alpha value is -2.40. The summed E-state index contributed by atoms with van der Waals surface area (Å²) in [4.78, 5) is 17.8. The molecule has 2 aromatic carbocycles. The highest BCUT2D eigenvalue weighted by molar-refractivity contribution is 9.10. The molecule has 0 radical (unpaired) electrons. The molecule has 0 aliphatic carbocycles. The summed E-state index contributed by atoms with van der Waals surface area (Å²) in [5.41, 5.74) is 2.60. The van der Waals surface area contributed by atoms with Gasteiger partial charge in [-0.1, -0.05) is 48.0 Å². The highest BCUT2D eigenvalue weighted by Crippen LogP contribution is 2.43. The summed E-state index contributed by atoms with van der Waals surface area (Å²) < 4.78 is 19.6. The van der Waals surface area contributed by atoms with E-state index in [0.717, 1.165) is 23.3 Å². The lowest BCUT2D eigenvalue weighted by molar-refractivity contribution is -0.139. The molecule has 4 rings (SSSR count). The van der Waals surface area contributed by atoms with Crippen molar-refractivity contribution in [1.29, 1.82) is 0 Å². The second-order valence-corrected chi connectivity index (χ2v) is 11.1. The van der Waals surface area contributed by atoms with Crippen LogP contribution < -0.4 is 14.8 Å². The molecule has 0 saturated carbocycles. The molecule has 1 aliphatic heterocycles. The second kappa shape index (κ2) is 12.6. The van der Waals surface area contributed by atoms with Crippen LogP contribution in [0.25, 0.3) is 0 Å². The van der Waals surface area contributed by atoms with Crippen molar-refractivity contribution in [3.8, 4) is 11.5 Å². The molecule has 1 aliphatic rings. The van der Waals surface area contributed by atoms with Crippen molar-refractivity contribution in [3.63, 3.8) is 0 Å². The van der Waals surface area contributed by atoms with Gasteiger partial charge in [-0.25, -0.2) is 9.48 Å². The Morgan fingerprint density at radius 2 is 2.03 bits per heavy atom. The lowest BCUT2D eigenvalue weighted by atomic mass is 9.95. The van der Waals surface area contributed by atoms with E-state index in [0.29, 0.717) is 48.4 Å². The van der Waals surface area contributed by atoms with Gasteiger partial charge in [-0.05, 0) is 66.0 Å². The summed E-state index contributed by atoms with van der Waals surface area (Å²) in [6, 6.07) is 8.35. The minimum Gasteiger partial charge on any atom is -0.493 e. The van der Waals surface area contributed by atoms with Gasteiger partial charge >= 0.3 is 5.97 Å². The quantitative estimate of drug-likeness (QED) is 0.182. The predicted molar refractivity (Wildman–Crippen MR) is 154 cm³/mol. The van der Waals surface area contributed by atoms with Crippen LogP contribution in [0.3, 0.4) is 0 Å². The number of carbonyl (C=O) groups is 1. The Kier molecular flexibility index (Phi) is 9.51. The molecule has 38 heavy (non-hydrogen) atoms. The number of rotatable bonds is 10. The number of benzene rings is 2. The summed E-state index contributed by atoms with van der Waals surface area (Å²) in [5.74, 6) is 1.97. The van der Waals surface area contributed by atoms with Gasteiger partial charge in [0.1, 0.15) is 12.6 Å². The van der Waals surface area contributed by atoms with Crippen LogP contribution in [0.4, 0.5) is 5.95 Å². The van der Waals surface area contributed by atoms with Crippen LogP contribution >= 0.6 is 50.9 Å². The van der Waals surface area contributed by atoms with Crippen LogP contribution in [0, 0.1) is 0 Å². The number of esters is 1. The van der Waals surface area contributed by atoms with E-state index in [9.17, 15) is 4.79 Å². The number of thioether (sulfide) groups is 1. The van der Waals surface area contributed by atoms with E-state index in [4.69, 9.17) is 42.5 Å². The van der Waals surface area contributed by atoms with Crippen molar-refractivity contribution in [2.75, 3.05) is 24.8 Å². The first-order chi connectivity index (χ1) is 18.3. The smallest absolute Gasteiger partial charge is 0.338 e. The number of fused-ring (bicyclic) bond motifs is 1. The summed E-state index contributed by atoms with van der Waals surface area (Å²) in [7, 11) is 1.56. The average molecular weight is 642 g/mol. The van der Waals surface area contributed by atoms with E-state index in [2.05, 4.69) is 33.2 Å². The molecule has 1 N–H and O–H groups in total. The molecule has 1 unspecified atom stereocenters. The Morgan fingerprint density at radius 3 is 2.71 bits per heavy atom. The van der Waals surface area contributed by atoms with Gasteiger partial charge in [0.15, 0.2) is 11.5 Å². The van der Waals surface area contributed by atoms with Gasteiger partial charge in [0, 0.05) is 27.1 Å². The third kappa shape index (κ3) is 6.09. The number of halogens is 3. The van der Waals surface area contributed by atoms with E-state index in [-0.39, 0.29) is 13.2 Å². The van der Waals surface area contributed by atoms with Gasteiger partial charge < -0.3 is 19.5 Å². The molecule has 0 saturated heterocycles.